The molecule has 0 atom stereocenters. The van der Waals surface area contributed by atoms with Crippen LogP contribution in [0.4, 0.5) is 0 Å². The van der Waals surface area contributed by atoms with E-state index in [1.165, 1.54) is 10.8 Å². The molecule has 0 fully saturated rings. The molecule has 7 nitrogen and oxygen atoms in total. The van der Waals surface area contributed by atoms with Gasteiger partial charge >= 0.3 is 0 Å². The van der Waals surface area contributed by atoms with Crippen molar-refractivity contribution in [2.75, 3.05) is 0 Å². The van der Waals surface area contributed by atoms with Gasteiger partial charge in [-0.15, -0.1) is 11.3 Å². The molecule has 0 unspecified atom stereocenters. The highest BCUT2D eigenvalue weighted by Gasteiger charge is 2.20. The van der Waals surface area contributed by atoms with E-state index in [-0.39, 0.29) is 0 Å². The molecular weight excluding hydrogens is 779 g/mol. The minimum Gasteiger partial charge on any atom is -0.309 e. The summed E-state index contributed by atoms with van der Waals surface area (Å²) in [5, 5.41) is 4.59. The fraction of sp³-hybridized carbons (Fsp3) is 0. The average molecular weight is 812 g/mol. The van der Waals surface area contributed by atoms with Crippen LogP contribution in [0.2, 0.25) is 0 Å². The summed E-state index contributed by atoms with van der Waals surface area (Å²) >= 11 is 1.74. The fourth-order valence-electron chi connectivity index (χ4n) is 8.40. The molecule has 4 heterocycles. The number of benzene rings is 8. The van der Waals surface area contributed by atoms with Gasteiger partial charge in [-0.3, -0.25) is 0 Å². The van der Waals surface area contributed by atoms with Gasteiger partial charge in [0.2, 0.25) is 0 Å². The smallest absolute Gasteiger partial charge is 0.164 e. The number of thiophene rings is 1. The van der Waals surface area contributed by atoms with E-state index in [9.17, 15) is 0 Å². The number of hydrogen-bond acceptors (Lipinski definition) is 7. The molecule has 290 valence electrons. The Morgan fingerprint density at radius 3 is 1.37 bits per heavy atom. The maximum Gasteiger partial charge on any atom is 0.164 e. The van der Waals surface area contributed by atoms with E-state index in [1.54, 1.807) is 11.3 Å². The van der Waals surface area contributed by atoms with Crippen molar-refractivity contribution in [3.05, 3.63) is 200 Å². The van der Waals surface area contributed by atoms with Crippen LogP contribution in [0.3, 0.4) is 0 Å². The van der Waals surface area contributed by atoms with Crippen molar-refractivity contribution in [1.29, 1.82) is 0 Å². The molecule has 0 aliphatic rings. The zero-order valence-electron chi connectivity index (χ0n) is 33.1. The van der Waals surface area contributed by atoms with Crippen LogP contribution in [0.1, 0.15) is 0 Å². The maximum absolute atomic E-state index is 5.21. The average Bonchev–Trinajstić information content (AvgIpc) is 3.90. The molecule has 0 N–H and O–H groups in total. The van der Waals surface area contributed by atoms with Gasteiger partial charge < -0.3 is 4.57 Å². The van der Waals surface area contributed by atoms with Crippen LogP contribution in [-0.4, -0.2) is 34.5 Å². The van der Waals surface area contributed by atoms with Gasteiger partial charge in [-0.2, -0.15) is 0 Å². The lowest BCUT2D eigenvalue weighted by atomic mass is 10.0. The Morgan fingerprint density at radius 1 is 0.306 bits per heavy atom. The lowest BCUT2D eigenvalue weighted by Gasteiger charge is -2.10. The summed E-state index contributed by atoms with van der Waals surface area (Å²) in [6, 6.07) is 68.8. The minimum atomic E-state index is 0.606. The molecule has 0 spiro atoms. The Bertz CT molecular complexity index is 3570. The standard InChI is InChI=1S/C54H33N7S/c1-5-16-34(17-6-1)49-56-52(37-28-30-41-40-24-13-14-26-44(40)61(45(41)32-37)39-22-11-4-12-23-39)58-53(57-49)38-29-31-42-47(33-38)62-46-27-15-25-43(48(42)46)54-59-50(35-18-7-2-8-19-35)55-51(60-54)36-20-9-3-10-21-36/h1-33H. The van der Waals surface area contributed by atoms with Gasteiger partial charge in [-0.1, -0.05) is 164 Å². The first-order valence-electron chi connectivity index (χ1n) is 20.5. The van der Waals surface area contributed by atoms with E-state index in [4.69, 9.17) is 29.9 Å². The van der Waals surface area contributed by atoms with Crippen LogP contribution in [0.25, 0.3) is 116 Å². The zero-order valence-corrected chi connectivity index (χ0v) is 33.9. The molecule has 0 bridgehead atoms. The quantitative estimate of drug-likeness (QED) is 0.159. The van der Waals surface area contributed by atoms with E-state index < -0.39 is 0 Å². The van der Waals surface area contributed by atoms with Crippen LogP contribution >= 0.6 is 11.3 Å². The second-order valence-electron chi connectivity index (χ2n) is 15.1. The van der Waals surface area contributed by atoms with E-state index in [0.29, 0.717) is 34.9 Å². The molecule has 12 rings (SSSR count). The number of para-hydroxylation sites is 2. The van der Waals surface area contributed by atoms with Gasteiger partial charge in [0, 0.05) is 70.0 Å². The number of nitrogens with zero attached hydrogens (tertiary/aromatic N) is 7. The van der Waals surface area contributed by atoms with Crippen molar-refractivity contribution in [3.8, 4) is 74.0 Å². The molecule has 12 aromatic rings. The lowest BCUT2D eigenvalue weighted by Crippen LogP contribution is -2.00. The summed E-state index contributed by atoms with van der Waals surface area (Å²) in [6.07, 6.45) is 0. The van der Waals surface area contributed by atoms with Gasteiger partial charge in [0.1, 0.15) is 0 Å². The molecule has 8 aromatic carbocycles. The summed E-state index contributed by atoms with van der Waals surface area (Å²) < 4.78 is 4.57. The minimum absolute atomic E-state index is 0.606. The first-order chi connectivity index (χ1) is 30.7. The summed E-state index contributed by atoms with van der Waals surface area (Å²) in [5.41, 5.74) is 8.90. The van der Waals surface area contributed by atoms with E-state index >= 15 is 0 Å². The van der Waals surface area contributed by atoms with Gasteiger partial charge in [-0.25, -0.2) is 29.9 Å². The topological polar surface area (TPSA) is 82.3 Å². The summed E-state index contributed by atoms with van der Waals surface area (Å²) in [5.74, 6) is 3.73. The first-order valence-corrected chi connectivity index (χ1v) is 21.3. The third kappa shape index (κ3) is 6.20. The number of hydrogen-bond donors (Lipinski definition) is 0. The van der Waals surface area contributed by atoms with Crippen molar-refractivity contribution < 1.29 is 0 Å². The van der Waals surface area contributed by atoms with Gasteiger partial charge in [0.05, 0.1) is 11.0 Å². The SMILES string of the molecule is c1ccc(-c2nc(-c3ccc4c(c3)sc3cccc(-c5nc(-c6ccccc6)nc(-c6ccccc6)n5)c34)nc(-c3ccc4c5ccccc5n(-c5ccccc5)c4c3)n2)cc1. The molecule has 4 aromatic heterocycles. The van der Waals surface area contributed by atoms with Crippen LogP contribution in [0, 0.1) is 0 Å². The van der Waals surface area contributed by atoms with Crippen molar-refractivity contribution in [3.63, 3.8) is 0 Å². The van der Waals surface area contributed by atoms with E-state index in [2.05, 4.69) is 108 Å². The molecule has 8 heteroatoms. The third-order valence-corrected chi connectivity index (χ3v) is 12.4. The Labute approximate surface area is 360 Å². The summed E-state index contributed by atoms with van der Waals surface area (Å²) in [7, 11) is 0. The fourth-order valence-corrected chi connectivity index (χ4v) is 9.57. The third-order valence-electron chi connectivity index (χ3n) is 11.3. The second-order valence-corrected chi connectivity index (χ2v) is 16.2. The number of aromatic nitrogens is 7. The molecule has 0 radical (unpaired) electrons. The highest BCUT2D eigenvalue weighted by atomic mass is 32.1. The van der Waals surface area contributed by atoms with Crippen LogP contribution in [-0.2, 0) is 0 Å². The lowest BCUT2D eigenvalue weighted by molar-refractivity contribution is 1.07. The van der Waals surface area contributed by atoms with Gasteiger partial charge in [0.15, 0.2) is 34.9 Å². The first kappa shape index (κ1) is 35.7. The number of rotatable bonds is 7. The normalized spacial score (nSPS) is 11.5. The molecule has 0 aliphatic heterocycles. The highest BCUT2D eigenvalue weighted by Crippen LogP contribution is 2.42. The molecular formula is C54H33N7S. The zero-order chi connectivity index (χ0) is 41.0. The number of fused-ring (bicyclic) bond motifs is 6. The summed E-state index contributed by atoms with van der Waals surface area (Å²) in [6.45, 7) is 0. The predicted molar refractivity (Wildman–Crippen MR) is 253 cm³/mol. The summed E-state index contributed by atoms with van der Waals surface area (Å²) in [4.78, 5) is 30.5. The molecule has 0 saturated carbocycles. The molecule has 0 amide bonds. The van der Waals surface area contributed by atoms with Gasteiger partial charge in [-0.05, 0) is 36.4 Å². The van der Waals surface area contributed by atoms with Crippen LogP contribution in [0.15, 0.2) is 200 Å². The molecule has 62 heavy (non-hydrogen) atoms. The van der Waals surface area contributed by atoms with Crippen molar-refractivity contribution in [2.45, 2.75) is 0 Å². The Morgan fingerprint density at radius 2 is 0.774 bits per heavy atom. The maximum atomic E-state index is 5.21. The Balaban J connectivity index is 1.01. The predicted octanol–water partition coefficient (Wildman–Crippen LogP) is 13.5. The van der Waals surface area contributed by atoms with Crippen molar-refractivity contribution >= 4 is 53.3 Å². The molecule has 0 saturated heterocycles. The highest BCUT2D eigenvalue weighted by molar-refractivity contribution is 7.26. The van der Waals surface area contributed by atoms with Crippen molar-refractivity contribution in [2.24, 2.45) is 0 Å². The van der Waals surface area contributed by atoms with Crippen molar-refractivity contribution in [1.82, 2.24) is 34.5 Å². The Kier molecular flexibility index (Phi) is 8.53. The monoisotopic (exact) mass is 811 g/mol. The second kappa shape index (κ2) is 14.8. The van der Waals surface area contributed by atoms with Gasteiger partial charge in [0.25, 0.3) is 0 Å². The Hall–Kier alpha value is -8.20. The largest absolute Gasteiger partial charge is 0.309 e. The molecule has 0 aliphatic carbocycles. The van der Waals surface area contributed by atoms with E-state index in [0.717, 1.165) is 70.3 Å². The van der Waals surface area contributed by atoms with E-state index in [1.807, 2.05) is 97.1 Å². The van der Waals surface area contributed by atoms with Crippen LogP contribution < -0.4 is 0 Å². The van der Waals surface area contributed by atoms with Crippen LogP contribution in [0.5, 0.6) is 0 Å².